The van der Waals surface area contributed by atoms with Gasteiger partial charge in [-0.3, -0.25) is 5.10 Å². The molecule has 164 valence electrons. The Morgan fingerprint density at radius 2 is 1.52 bits per heavy atom. The Labute approximate surface area is 185 Å². The van der Waals surface area contributed by atoms with Crippen LogP contribution in [0.2, 0.25) is 0 Å². The van der Waals surface area contributed by atoms with Gasteiger partial charge < -0.3 is 5.32 Å². The van der Waals surface area contributed by atoms with Gasteiger partial charge in [0.05, 0.1) is 22.5 Å². The molecule has 2 N–H and O–H groups in total. The molecule has 0 aliphatic heterocycles. The summed E-state index contributed by atoms with van der Waals surface area (Å²) >= 11 is 0. The van der Waals surface area contributed by atoms with E-state index >= 15 is 0 Å². The molecule has 0 unspecified atom stereocenters. The Balaban J connectivity index is 1.67. The highest BCUT2D eigenvalue weighted by Crippen LogP contribution is 2.38. The maximum absolute atomic E-state index is 13.8. The first kappa shape index (κ1) is 20.7. The van der Waals surface area contributed by atoms with E-state index in [0.717, 1.165) is 11.6 Å². The molecule has 3 aromatic carbocycles. The summed E-state index contributed by atoms with van der Waals surface area (Å²) < 4.78 is 54.8. The normalized spacial score (nSPS) is 11.6. The van der Waals surface area contributed by atoms with Gasteiger partial charge in [0, 0.05) is 22.2 Å². The molecule has 5 aromatic rings. The topological polar surface area (TPSA) is 53.6 Å². The number of alkyl halides is 3. The number of H-pyrrole nitrogens is 1. The van der Waals surface area contributed by atoms with Gasteiger partial charge in [-0.1, -0.05) is 48.5 Å². The molecular formula is C25H16F4N4. The monoisotopic (exact) mass is 448 g/mol. The third-order valence-corrected chi connectivity index (χ3v) is 5.19. The Kier molecular flexibility index (Phi) is 5.05. The number of aromatic nitrogens is 3. The highest BCUT2D eigenvalue weighted by atomic mass is 19.4. The number of pyridine rings is 1. The number of fused-ring (bicyclic) bond motifs is 1. The van der Waals surface area contributed by atoms with Crippen LogP contribution in [0.1, 0.15) is 5.56 Å². The average molecular weight is 448 g/mol. The van der Waals surface area contributed by atoms with Crippen LogP contribution in [0.25, 0.3) is 33.4 Å². The zero-order valence-electron chi connectivity index (χ0n) is 17.0. The van der Waals surface area contributed by atoms with E-state index in [-0.39, 0.29) is 11.3 Å². The van der Waals surface area contributed by atoms with Gasteiger partial charge in [-0.2, -0.15) is 18.3 Å². The van der Waals surface area contributed by atoms with Crippen LogP contribution >= 0.6 is 0 Å². The molecule has 0 amide bonds. The van der Waals surface area contributed by atoms with Crippen LogP contribution in [0.3, 0.4) is 0 Å². The summed E-state index contributed by atoms with van der Waals surface area (Å²) in [7, 11) is 0. The number of hydrogen-bond acceptors (Lipinski definition) is 3. The molecule has 0 aliphatic rings. The van der Waals surface area contributed by atoms with Gasteiger partial charge in [-0.05, 0) is 36.4 Å². The summed E-state index contributed by atoms with van der Waals surface area (Å²) in [6, 6.07) is 21.9. The predicted molar refractivity (Wildman–Crippen MR) is 119 cm³/mol. The molecule has 0 fully saturated rings. The number of hydrogen-bond donors (Lipinski definition) is 2. The van der Waals surface area contributed by atoms with Crippen LogP contribution in [-0.4, -0.2) is 15.2 Å². The highest BCUT2D eigenvalue weighted by Gasteiger charge is 2.33. The minimum absolute atomic E-state index is 0.0382. The number of rotatable bonds is 4. The zero-order valence-corrected chi connectivity index (χ0v) is 17.0. The Morgan fingerprint density at radius 3 is 2.30 bits per heavy atom. The lowest BCUT2D eigenvalue weighted by Crippen LogP contribution is -2.07. The summed E-state index contributed by atoms with van der Waals surface area (Å²) in [5.74, 6) is -0.0729. The van der Waals surface area contributed by atoms with Crippen molar-refractivity contribution >= 4 is 22.4 Å². The van der Waals surface area contributed by atoms with Crippen LogP contribution in [0.4, 0.5) is 29.1 Å². The van der Waals surface area contributed by atoms with E-state index < -0.39 is 17.6 Å². The summed E-state index contributed by atoms with van der Waals surface area (Å²) in [5.41, 5.74) is 1.65. The van der Waals surface area contributed by atoms with E-state index in [1.807, 2.05) is 30.3 Å². The van der Waals surface area contributed by atoms with Crippen LogP contribution in [0, 0.1) is 5.82 Å². The SMILES string of the molecule is Fc1ccc2[nH]nc(Nc3cc(-c4ccccc4)nc(-c4ccccc4C(F)(F)F)c3)c2c1. The first-order valence-electron chi connectivity index (χ1n) is 10.0. The lowest BCUT2D eigenvalue weighted by Gasteiger charge is -2.15. The van der Waals surface area contributed by atoms with Crippen molar-refractivity contribution in [1.82, 2.24) is 15.2 Å². The Morgan fingerprint density at radius 1 is 0.788 bits per heavy atom. The molecule has 0 saturated heterocycles. The van der Waals surface area contributed by atoms with Gasteiger partial charge in [-0.15, -0.1) is 0 Å². The van der Waals surface area contributed by atoms with Crippen LogP contribution in [0.5, 0.6) is 0 Å². The second-order valence-corrected chi connectivity index (χ2v) is 7.42. The van der Waals surface area contributed by atoms with E-state index in [4.69, 9.17) is 0 Å². The van der Waals surface area contributed by atoms with Crippen molar-refractivity contribution in [3.8, 4) is 22.5 Å². The molecule has 0 bridgehead atoms. The molecule has 8 heteroatoms. The Hall–Kier alpha value is -4.20. The maximum atomic E-state index is 13.8. The van der Waals surface area contributed by atoms with Crippen LogP contribution in [-0.2, 0) is 6.18 Å². The van der Waals surface area contributed by atoms with Gasteiger partial charge in [0.25, 0.3) is 0 Å². The van der Waals surface area contributed by atoms with Crippen LogP contribution in [0.15, 0.2) is 84.9 Å². The van der Waals surface area contributed by atoms with E-state index in [2.05, 4.69) is 20.5 Å². The number of nitrogens with one attached hydrogen (secondary N) is 2. The second kappa shape index (κ2) is 8.05. The third kappa shape index (κ3) is 4.15. The number of aromatic amines is 1. The maximum Gasteiger partial charge on any atom is 0.417 e. The number of benzene rings is 3. The Bertz CT molecular complexity index is 1440. The average Bonchev–Trinajstić information content (AvgIpc) is 3.20. The van der Waals surface area contributed by atoms with Crippen LogP contribution < -0.4 is 5.32 Å². The first-order valence-corrected chi connectivity index (χ1v) is 10.0. The molecule has 0 aliphatic carbocycles. The molecule has 0 radical (unpaired) electrons. The second-order valence-electron chi connectivity index (χ2n) is 7.42. The molecule has 2 heterocycles. The fourth-order valence-electron chi connectivity index (χ4n) is 3.67. The van der Waals surface area contributed by atoms with E-state index in [0.29, 0.717) is 28.1 Å². The minimum atomic E-state index is -4.54. The summed E-state index contributed by atoms with van der Waals surface area (Å²) in [5, 5.41) is 10.6. The van der Waals surface area contributed by atoms with Crippen molar-refractivity contribution in [3.05, 3.63) is 96.3 Å². The van der Waals surface area contributed by atoms with Gasteiger partial charge in [0.2, 0.25) is 0 Å². The van der Waals surface area contributed by atoms with Crippen molar-refractivity contribution in [3.63, 3.8) is 0 Å². The van der Waals surface area contributed by atoms with Crippen molar-refractivity contribution in [2.45, 2.75) is 6.18 Å². The molecule has 5 rings (SSSR count). The lowest BCUT2D eigenvalue weighted by molar-refractivity contribution is -0.137. The molecular weight excluding hydrogens is 432 g/mol. The molecule has 0 atom stereocenters. The fourth-order valence-corrected chi connectivity index (χ4v) is 3.67. The fraction of sp³-hybridized carbons (Fsp3) is 0.0400. The number of nitrogens with zero attached hydrogens (tertiary/aromatic N) is 2. The van der Waals surface area contributed by atoms with Crippen molar-refractivity contribution in [2.75, 3.05) is 5.32 Å². The van der Waals surface area contributed by atoms with E-state index in [1.165, 1.54) is 30.3 Å². The molecule has 4 nitrogen and oxygen atoms in total. The smallest absolute Gasteiger partial charge is 0.338 e. The molecule has 33 heavy (non-hydrogen) atoms. The minimum Gasteiger partial charge on any atom is -0.338 e. The van der Waals surface area contributed by atoms with Gasteiger partial charge in [0.15, 0.2) is 5.82 Å². The zero-order chi connectivity index (χ0) is 23.0. The third-order valence-electron chi connectivity index (χ3n) is 5.19. The molecule has 0 saturated carbocycles. The van der Waals surface area contributed by atoms with E-state index in [9.17, 15) is 17.6 Å². The summed E-state index contributed by atoms with van der Waals surface area (Å²) in [6.07, 6.45) is -4.54. The van der Waals surface area contributed by atoms with Gasteiger partial charge >= 0.3 is 6.18 Å². The van der Waals surface area contributed by atoms with Crippen molar-refractivity contribution in [1.29, 1.82) is 0 Å². The quantitative estimate of drug-likeness (QED) is 0.286. The molecule has 2 aromatic heterocycles. The van der Waals surface area contributed by atoms with Crippen molar-refractivity contribution < 1.29 is 17.6 Å². The number of halogens is 4. The summed E-state index contributed by atoms with van der Waals surface area (Å²) in [4.78, 5) is 4.53. The summed E-state index contributed by atoms with van der Waals surface area (Å²) in [6.45, 7) is 0. The first-order chi connectivity index (χ1) is 15.9. The number of anilines is 2. The highest BCUT2D eigenvalue weighted by molar-refractivity contribution is 5.92. The predicted octanol–water partition coefficient (Wildman–Crippen LogP) is 7.19. The lowest BCUT2D eigenvalue weighted by atomic mass is 10.0. The molecule has 0 spiro atoms. The van der Waals surface area contributed by atoms with Gasteiger partial charge in [0.1, 0.15) is 5.82 Å². The standard InChI is InChI=1S/C25H16F4N4/c26-16-10-11-21-19(12-16)24(33-32-21)30-17-13-22(15-6-2-1-3-7-15)31-23(14-17)18-8-4-5-9-20(18)25(27,28)29/h1-14H,(H2,30,31,32,33). The van der Waals surface area contributed by atoms with Gasteiger partial charge in [-0.25, -0.2) is 9.37 Å². The van der Waals surface area contributed by atoms with E-state index in [1.54, 1.807) is 18.2 Å². The largest absolute Gasteiger partial charge is 0.417 e. The van der Waals surface area contributed by atoms with Crippen molar-refractivity contribution in [2.24, 2.45) is 0 Å².